The van der Waals surface area contributed by atoms with E-state index in [1.165, 1.54) is 21.9 Å². The molecule has 9 nitrogen and oxygen atoms in total. The number of carbonyl (C=O) groups is 2. The zero-order valence-electron chi connectivity index (χ0n) is 23.3. The van der Waals surface area contributed by atoms with Gasteiger partial charge in [0.15, 0.2) is 11.5 Å². The number of imidazole rings is 1. The number of hydrogen-bond donors (Lipinski definition) is 1. The summed E-state index contributed by atoms with van der Waals surface area (Å²) in [5, 5.41) is 9.32. The molecule has 12 heteroatoms. The number of benzene rings is 1. The Morgan fingerprint density at radius 3 is 2.51 bits per heavy atom. The predicted octanol–water partition coefficient (Wildman–Crippen LogP) is 4.63. The molecule has 0 spiro atoms. The van der Waals surface area contributed by atoms with Crippen molar-refractivity contribution in [3.63, 3.8) is 0 Å². The summed E-state index contributed by atoms with van der Waals surface area (Å²) < 4.78 is 47.3. The van der Waals surface area contributed by atoms with Crippen LogP contribution >= 0.6 is 0 Å². The lowest BCUT2D eigenvalue weighted by Gasteiger charge is -2.23. The Hall–Kier alpha value is -3.93. The summed E-state index contributed by atoms with van der Waals surface area (Å²) in [7, 11) is 1.58. The quantitative estimate of drug-likeness (QED) is 0.300. The van der Waals surface area contributed by atoms with E-state index in [-0.39, 0.29) is 43.1 Å². The molecule has 0 aliphatic heterocycles. The molecule has 1 aliphatic carbocycles. The summed E-state index contributed by atoms with van der Waals surface area (Å²) in [5.41, 5.74) is 0.260. The lowest BCUT2D eigenvalue weighted by Crippen LogP contribution is -2.35. The molecule has 0 saturated heterocycles. The van der Waals surface area contributed by atoms with E-state index in [2.05, 4.69) is 4.98 Å². The molecule has 2 heterocycles. The van der Waals surface area contributed by atoms with Gasteiger partial charge in [-0.15, -0.1) is 0 Å². The summed E-state index contributed by atoms with van der Waals surface area (Å²) in [6.45, 7) is 4.13. The number of carbonyl (C=O) groups excluding carboxylic acids is 2. The van der Waals surface area contributed by atoms with Crippen molar-refractivity contribution in [2.45, 2.75) is 51.9 Å². The van der Waals surface area contributed by atoms with Gasteiger partial charge in [-0.3, -0.25) is 14.5 Å². The number of aliphatic hydroxyl groups excluding tert-OH is 1. The van der Waals surface area contributed by atoms with Gasteiger partial charge in [0, 0.05) is 39.0 Å². The van der Waals surface area contributed by atoms with E-state index in [0.717, 1.165) is 25.0 Å². The first-order chi connectivity index (χ1) is 19.5. The average molecular weight is 574 g/mol. The summed E-state index contributed by atoms with van der Waals surface area (Å²) >= 11 is 0. The maximum Gasteiger partial charge on any atom is 0.416 e. The molecule has 1 aromatic carbocycles. The maximum atomic E-state index is 13.9. The van der Waals surface area contributed by atoms with Crippen LogP contribution in [-0.2, 0) is 17.5 Å². The highest BCUT2D eigenvalue weighted by Crippen LogP contribution is 2.36. The minimum Gasteiger partial charge on any atom is -0.477 e. The summed E-state index contributed by atoms with van der Waals surface area (Å²) in [5.74, 6) is 0.673. The van der Waals surface area contributed by atoms with Crippen LogP contribution in [-0.4, -0.2) is 69.7 Å². The molecule has 4 rings (SSSR count). The molecule has 0 atom stereocenters. The van der Waals surface area contributed by atoms with E-state index < -0.39 is 17.6 Å². The number of nitrogens with zero attached hydrogens (tertiary/aromatic N) is 5. The zero-order chi connectivity index (χ0) is 29.7. The molecule has 1 aliphatic rings. The first-order valence-electron chi connectivity index (χ1n) is 13.5. The lowest BCUT2D eigenvalue weighted by molar-refractivity contribution is -0.137. The van der Waals surface area contributed by atoms with Gasteiger partial charge in [-0.05, 0) is 68.9 Å². The summed E-state index contributed by atoms with van der Waals surface area (Å²) in [6.07, 6.45) is 0.148. The van der Waals surface area contributed by atoms with Crippen LogP contribution in [0, 0.1) is 5.92 Å². The van der Waals surface area contributed by atoms with Crippen molar-refractivity contribution >= 4 is 18.1 Å². The molecule has 1 saturated carbocycles. The molecule has 0 unspecified atom stereocenters. The van der Waals surface area contributed by atoms with E-state index in [1.807, 2.05) is 0 Å². The Labute approximate surface area is 236 Å². The van der Waals surface area contributed by atoms with Crippen LogP contribution in [0.5, 0.6) is 5.88 Å². The van der Waals surface area contributed by atoms with Gasteiger partial charge in [0.25, 0.3) is 5.91 Å². The van der Waals surface area contributed by atoms with Gasteiger partial charge in [0.05, 0.1) is 17.7 Å². The summed E-state index contributed by atoms with van der Waals surface area (Å²) in [6, 6.07) is 7.76. The fourth-order valence-corrected chi connectivity index (χ4v) is 4.34. The van der Waals surface area contributed by atoms with E-state index in [1.54, 1.807) is 43.8 Å². The Morgan fingerprint density at radius 1 is 1.22 bits per heavy atom. The van der Waals surface area contributed by atoms with E-state index >= 15 is 0 Å². The van der Waals surface area contributed by atoms with Crippen molar-refractivity contribution in [3.05, 3.63) is 59.4 Å². The highest BCUT2D eigenvalue weighted by Gasteiger charge is 2.33. The first kappa shape index (κ1) is 30.0. The van der Waals surface area contributed by atoms with Crippen LogP contribution in [0.25, 0.3) is 11.4 Å². The number of rotatable bonds is 13. The van der Waals surface area contributed by atoms with E-state index in [4.69, 9.17) is 9.72 Å². The second-order valence-electron chi connectivity index (χ2n) is 10.4. The van der Waals surface area contributed by atoms with Gasteiger partial charge in [-0.2, -0.15) is 13.2 Å². The smallest absolute Gasteiger partial charge is 0.416 e. The molecule has 0 bridgehead atoms. The second kappa shape index (κ2) is 12.7. The molecular weight excluding hydrogens is 539 g/mol. The standard InChI is InChI=1S/C29H34F3N5O4/c1-19(2)37(18-39)26-24(28(40)35(3)14-5-15-38)36(16-20-9-11-22(12-10-20)29(30,31)32)25(34-26)23-6-4-13-33-27(23)41-17-21-7-8-21/h4,6,9-13,18-19,21,38H,5,7-8,14-17H2,1-3H3. The number of aliphatic hydroxyl groups is 1. The minimum absolute atomic E-state index is 0.0167. The Morgan fingerprint density at radius 2 is 1.93 bits per heavy atom. The molecule has 2 aromatic heterocycles. The molecule has 2 amide bonds. The minimum atomic E-state index is -4.49. The van der Waals surface area contributed by atoms with Gasteiger partial charge in [-0.25, -0.2) is 9.97 Å². The lowest BCUT2D eigenvalue weighted by atomic mass is 10.1. The fourth-order valence-electron chi connectivity index (χ4n) is 4.34. The molecule has 220 valence electrons. The number of pyridine rings is 1. The highest BCUT2D eigenvalue weighted by molar-refractivity contribution is 6.00. The van der Waals surface area contributed by atoms with Crippen molar-refractivity contribution < 1.29 is 32.6 Å². The Kier molecular flexibility index (Phi) is 9.31. The number of anilines is 1. The van der Waals surface area contributed by atoms with E-state index in [0.29, 0.717) is 42.4 Å². The van der Waals surface area contributed by atoms with Gasteiger partial charge in [-0.1, -0.05) is 12.1 Å². The summed E-state index contributed by atoms with van der Waals surface area (Å²) in [4.78, 5) is 38.1. The molecule has 1 fully saturated rings. The third-order valence-corrected chi connectivity index (χ3v) is 6.85. The maximum absolute atomic E-state index is 13.9. The Bertz CT molecular complexity index is 1350. The van der Waals surface area contributed by atoms with Crippen LogP contribution in [0.1, 0.15) is 54.7 Å². The largest absolute Gasteiger partial charge is 0.477 e. The first-order valence-corrected chi connectivity index (χ1v) is 13.5. The number of ether oxygens (including phenoxy) is 1. The van der Waals surface area contributed by atoms with Crippen LogP contribution in [0.3, 0.4) is 0 Å². The number of aromatic nitrogens is 3. The molecule has 3 aromatic rings. The van der Waals surface area contributed by atoms with Crippen LogP contribution < -0.4 is 9.64 Å². The molecule has 41 heavy (non-hydrogen) atoms. The number of alkyl halides is 3. The van der Waals surface area contributed by atoms with Crippen LogP contribution in [0.2, 0.25) is 0 Å². The van der Waals surface area contributed by atoms with Crippen molar-refractivity contribution in [1.29, 1.82) is 0 Å². The molecular formula is C29H34F3N5O4. The monoisotopic (exact) mass is 573 g/mol. The highest BCUT2D eigenvalue weighted by atomic mass is 19.4. The molecule has 0 radical (unpaired) electrons. The third-order valence-electron chi connectivity index (χ3n) is 6.85. The number of halogens is 3. The number of amides is 2. The van der Waals surface area contributed by atoms with Crippen molar-refractivity contribution in [2.75, 3.05) is 31.7 Å². The topological polar surface area (TPSA) is 101 Å². The van der Waals surface area contributed by atoms with Gasteiger partial charge in [0.2, 0.25) is 12.3 Å². The fraction of sp³-hybridized carbons (Fsp3) is 0.448. The second-order valence-corrected chi connectivity index (χ2v) is 10.4. The van der Waals surface area contributed by atoms with Gasteiger partial charge >= 0.3 is 6.18 Å². The van der Waals surface area contributed by atoms with E-state index in [9.17, 15) is 27.9 Å². The molecule has 1 N–H and O–H groups in total. The number of hydrogen-bond acceptors (Lipinski definition) is 6. The SMILES string of the molecule is CC(C)N(C=O)c1nc(-c2cccnc2OCC2CC2)n(Cc2ccc(C(F)(F)F)cc2)c1C(=O)N(C)CCCO. The normalized spacial score (nSPS) is 13.4. The van der Waals surface area contributed by atoms with Crippen LogP contribution in [0.15, 0.2) is 42.6 Å². The third kappa shape index (κ3) is 7.05. The van der Waals surface area contributed by atoms with Crippen LogP contribution in [0.4, 0.5) is 19.0 Å². The van der Waals surface area contributed by atoms with Gasteiger partial charge in [0.1, 0.15) is 5.82 Å². The zero-order valence-corrected chi connectivity index (χ0v) is 23.3. The van der Waals surface area contributed by atoms with Crippen molar-refractivity contribution in [1.82, 2.24) is 19.4 Å². The van der Waals surface area contributed by atoms with Crippen molar-refractivity contribution in [2.24, 2.45) is 5.92 Å². The average Bonchev–Trinajstić information content (AvgIpc) is 3.71. The Balaban J connectivity index is 1.91. The van der Waals surface area contributed by atoms with Gasteiger partial charge < -0.3 is 19.3 Å². The predicted molar refractivity (Wildman–Crippen MR) is 147 cm³/mol. The van der Waals surface area contributed by atoms with Crippen molar-refractivity contribution in [3.8, 4) is 17.3 Å².